The van der Waals surface area contributed by atoms with E-state index in [0.29, 0.717) is 25.5 Å². The zero-order chi connectivity index (χ0) is 13.2. The largest absolute Gasteiger partial charge is 0.460 e. The number of rotatable bonds is 9. The van der Waals surface area contributed by atoms with Crippen molar-refractivity contribution >= 4 is 17.3 Å². The first kappa shape index (κ1) is 15.2. The van der Waals surface area contributed by atoms with Crippen LogP contribution in [0, 0.1) is 5.92 Å². The molecule has 1 atom stereocenters. The summed E-state index contributed by atoms with van der Waals surface area (Å²) in [5.74, 6) is 0.468. The number of nitrogens with two attached hydrogens (primary N) is 1. The zero-order valence-corrected chi connectivity index (χ0v) is 11.9. The third kappa shape index (κ3) is 6.17. The topological polar surface area (TPSA) is 52.3 Å². The van der Waals surface area contributed by atoms with Gasteiger partial charge in [0.15, 0.2) is 0 Å². The van der Waals surface area contributed by atoms with Crippen molar-refractivity contribution < 1.29 is 9.53 Å². The van der Waals surface area contributed by atoms with Crippen LogP contribution in [0.15, 0.2) is 17.5 Å². The molecule has 1 rings (SSSR count). The van der Waals surface area contributed by atoms with Gasteiger partial charge in [-0.3, -0.25) is 4.79 Å². The monoisotopic (exact) mass is 269 g/mol. The summed E-state index contributed by atoms with van der Waals surface area (Å²) in [6.45, 7) is 3.28. The number of esters is 1. The minimum absolute atomic E-state index is 0.0958. The SMILES string of the molecule is CCCC(CCN)CCC(=O)OCc1cccs1. The maximum absolute atomic E-state index is 11.6. The Morgan fingerprint density at radius 1 is 1.44 bits per heavy atom. The van der Waals surface area contributed by atoms with E-state index in [1.165, 1.54) is 0 Å². The Bertz CT molecular complexity index is 319. The van der Waals surface area contributed by atoms with Gasteiger partial charge in [0.25, 0.3) is 0 Å². The summed E-state index contributed by atoms with van der Waals surface area (Å²) in [5.41, 5.74) is 5.57. The van der Waals surface area contributed by atoms with E-state index in [1.807, 2.05) is 17.5 Å². The molecule has 0 aliphatic rings. The van der Waals surface area contributed by atoms with E-state index in [2.05, 4.69) is 6.92 Å². The standard InChI is InChI=1S/C14H23NO2S/c1-2-4-12(8-9-15)6-7-14(16)17-11-13-5-3-10-18-13/h3,5,10,12H,2,4,6-9,11,15H2,1H3. The Morgan fingerprint density at radius 2 is 2.28 bits per heavy atom. The van der Waals surface area contributed by atoms with Crippen LogP contribution in [0.5, 0.6) is 0 Å². The minimum atomic E-state index is -0.0958. The summed E-state index contributed by atoms with van der Waals surface area (Å²) in [6.07, 6.45) is 4.71. The average Bonchev–Trinajstić information content (AvgIpc) is 2.87. The number of hydrogen-bond acceptors (Lipinski definition) is 4. The van der Waals surface area contributed by atoms with Crippen LogP contribution in [0.1, 0.15) is 43.9 Å². The Kier molecular flexibility index (Phi) is 7.69. The van der Waals surface area contributed by atoms with Crippen molar-refractivity contribution in [2.24, 2.45) is 11.7 Å². The molecule has 3 nitrogen and oxygen atoms in total. The van der Waals surface area contributed by atoms with Gasteiger partial charge in [0.05, 0.1) is 0 Å². The van der Waals surface area contributed by atoms with E-state index in [4.69, 9.17) is 10.5 Å². The van der Waals surface area contributed by atoms with E-state index in [9.17, 15) is 4.79 Å². The molecule has 0 aromatic carbocycles. The van der Waals surface area contributed by atoms with Crippen LogP contribution in [0.4, 0.5) is 0 Å². The first-order valence-corrected chi connectivity index (χ1v) is 7.52. The van der Waals surface area contributed by atoms with Crippen molar-refractivity contribution in [2.45, 2.75) is 45.6 Å². The second-order valence-electron chi connectivity index (χ2n) is 4.51. The predicted molar refractivity (Wildman–Crippen MR) is 75.4 cm³/mol. The third-order valence-electron chi connectivity index (χ3n) is 2.98. The Balaban J connectivity index is 2.18. The lowest BCUT2D eigenvalue weighted by atomic mass is 9.95. The van der Waals surface area contributed by atoms with E-state index in [-0.39, 0.29) is 5.97 Å². The first-order valence-electron chi connectivity index (χ1n) is 6.64. The summed E-state index contributed by atoms with van der Waals surface area (Å²) in [7, 11) is 0. The highest BCUT2D eigenvalue weighted by Crippen LogP contribution is 2.18. The second kappa shape index (κ2) is 9.11. The van der Waals surface area contributed by atoms with E-state index in [0.717, 1.165) is 30.6 Å². The van der Waals surface area contributed by atoms with Crippen molar-refractivity contribution in [3.63, 3.8) is 0 Å². The van der Waals surface area contributed by atoms with E-state index in [1.54, 1.807) is 11.3 Å². The molecule has 2 N–H and O–H groups in total. The fourth-order valence-electron chi connectivity index (χ4n) is 2.02. The molecule has 0 fully saturated rings. The van der Waals surface area contributed by atoms with Crippen LogP contribution in [0.2, 0.25) is 0 Å². The maximum Gasteiger partial charge on any atom is 0.306 e. The van der Waals surface area contributed by atoms with Gasteiger partial charge < -0.3 is 10.5 Å². The smallest absolute Gasteiger partial charge is 0.306 e. The number of thiophene rings is 1. The normalized spacial score (nSPS) is 12.3. The molecule has 4 heteroatoms. The molecule has 0 radical (unpaired) electrons. The number of ether oxygens (including phenoxy) is 1. The Hall–Kier alpha value is -0.870. The van der Waals surface area contributed by atoms with Gasteiger partial charge in [-0.05, 0) is 36.8 Å². The van der Waals surface area contributed by atoms with Crippen LogP contribution in [0.25, 0.3) is 0 Å². The van der Waals surface area contributed by atoms with Gasteiger partial charge in [-0.15, -0.1) is 11.3 Å². The molecule has 0 aliphatic carbocycles. The highest BCUT2D eigenvalue weighted by atomic mass is 32.1. The second-order valence-corrected chi connectivity index (χ2v) is 5.54. The van der Waals surface area contributed by atoms with Crippen LogP contribution in [-0.2, 0) is 16.1 Å². The Labute approximate surface area is 113 Å². The van der Waals surface area contributed by atoms with Gasteiger partial charge in [-0.25, -0.2) is 0 Å². The summed E-state index contributed by atoms with van der Waals surface area (Å²) < 4.78 is 5.23. The lowest BCUT2D eigenvalue weighted by Crippen LogP contribution is -2.12. The average molecular weight is 269 g/mol. The minimum Gasteiger partial charge on any atom is -0.460 e. The van der Waals surface area contributed by atoms with Gasteiger partial charge in [0.1, 0.15) is 6.61 Å². The molecule has 1 aromatic heterocycles. The first-order chi connectivity index (χ1) is 8.76. The molecule has 18 heavy (non-hydrogen) atoms. The van der Waals surface area contributed by atoms with E-state index >= 15 is 0 Å². The molecule has 0 spiro atoms. The number of carbonyl (C=O) groups is 1. The zero-order valence-electron chi connectivity index (χ0n) is 11.1. The molecule has 0 aliphatic heterocycles. The van der Waals surface area contributed by atoms with Gasteiger partial charge in [0, 0.05) is 11.3 Å². The van der Waals surface area contributed by atoms with Gasteiger partial charge in [0.2, 0.25) is 0 Å². The summed E-state index contributed by atoms with van der Waals surface area (Å²) in [5, 5.41) is 1.99. The fraction of sp³-hybridized carbons (Fsp3) is 0.643. The lowest BCUT2D eigenvalue weighted by Gasteiger charge is -2.14. The van der Waals surface area contributed by atoms with Crippen molar-refractivity contribution in [1.29, 1.82) is 0 Å². The molecule has 1 heterocycles. The van der Waals surface area contributed by atoms with Crippen molar-refractivity contribution in [1.82, 2.24) is 0 Å². The summed E-state index contributed by atoms with van der Waals surface area (Å²) in [6, 6.07) is 3.94. The van der Waals surface area contributed by atoms with Crippen LogP contribution >= 0.6 is 11.3 Å². The van der Waals surface area contributed by atoms with Crippen molar-refractivity contribution in [3.8, 4) is 0 Å². The molecular formula is C14H23NO2S. The molecule has 0 bridgehead atoms. The lowest BCUT2D eigenvalue weighted by molar-refractivity contribution is -0.145. The molecular weight excluding hydrogens is 246 g/mol. The molecule has 0 saturated heterocycles. The van der Waals surface area contributed by atoms with Gasteiger partial charge in [-0.2, -0.15) is 0 Å². The number of hydrogen-bond donors (Lipinski definition) is 1. The van der Waals surface area contributed by atoms with Crippen LogP contribution in [-0.4, -0.2) is 12.5 Å². The molecule has 1 aromatic rings. The fourth-order valence-corrected chi connectivity index (χ4v) is 2.63. The van der Waals surface area contributed by atoms with Gasteiger partial charge >= 0.3 is 5.97 Å². The number of carbonyl (C=O) groups excluding carboxylic acids is 1. The van der Waals surface area contributed by atoms with Gasteiger partial charge in [-0.1, -0.05) is 25.8 Å². The molecule has 0 amide bonds. The summed E-state index contributed by atoms with van der Waals surface area (Å²) in [4.78, 5) is 12.7. The summed E-state index contributed by atoms with van der Waals surface area (Å²) >= 11 is 1.61. The third-order valence-corrected chi connectivity index (χ3v) is 3.83. The quantitative estimate of drug-likeness (QED) is 0.700. The molecule has 0 saturated carbocycles. The highest BCUT2D eigenvalue weighted by Gasteiger charge is 2.11. The maximum atomic E-state index is 11.6. The Morgan fingerprint density at radius 3 is 2.89 bits per heavy atom. The molecule has 1 unspecified atom stereocenters. The van der Waals surface area contributed by atoms with E-state index < -0.39 is 0 Å². The van der Waals surface area contributed by atoms with Crippen LogP contribution < -0.4 is 5.73 Å². The highest BCUT2D eigenvalue weighted by molar-refractivity contribution is 7.09. The van der Waals surface area contributed by atoms with Crippen molar-refractivity contribution in [2.75, 3.05) is 6.54 Å². The van der Waals surface area contributed by atoms with Crippen LogP contribution in [0.3, 0.4) is 0 Å². The van der Waals surface area contributed by atoms with Crippen molar-refractivity contribution in [3.05, 3.63) is 22.4 Å². The predicted octanol–water partition coefficient (Wildman–Crippen LogP) is 3.34. The molecule has 102 valence electrons.